The Morgan fingerprint density at radius 1 is 0.648 bits per heavy atom. The van der Waals surface area contributed by atoms with Crippen LogP contribution in [0.2, 0.25) is 10.0 Å². The minimum absolute atomic E-state index is 0.0452. The van der Waals surface area contributed by atoms with E-state index in [0.29, 0.717) is 48.6 Å². The van der Waals surface area contributed by atoms with Crippen LogP contribution in [0, 0.1) is 29.6 Å². The molecule has 1 aliphatic carbocycles. The predicted molar refractivity (Wildman–Crippen MR) is 405 cm³/mol. The summed E-state index contributed by atoms with van der Waals surface area (Å²) in [6.07, 6.45) is 9.95. The monoisotopic (exact) mass is 1550 g/mol. The van der Waals surface area contributed by atoms with Gasteiger partial charge in [0, 0.05) is 66.0 Å². The third-order valence-electron chi connectivity index (χ3n) is 23.0. The lowest BCUT2D eigenvalue weighted by atomic mass is 9.78. The third kappa shape index (κ3) is 20.6. The van der Waals surface area contributed by atoms with Gasteiger partial charge in [0.1, 0.15) is 92.7 Å². The Morgan fingerprint density at radius 3 is 1.45 bits per heavy atom. The summed E-state index contributed by atoms with van der Waals surface area (Å²) < 4.78 is 58.6. The zero-order chi connectivity index (χ0) is 79.7. The van der Waals surface area contributed by atoms with E-state index in [2.05, 4.69) is 17.6 Å². The van der Waals surface area contributed by atoms with E-state index >= 15 is 0 Å². The molecule has 0 radical (unpaired) electrons. The van der Waals surface area contributed by atoms with Crippen molar-refractivity contribution in [1.82, 2.24) is 15.5 Å². The number of allylic oxidation sites excluding steroid dienone is 6. The number of carbonyl (C=O) groups excluding carboxylic acids is 7. The highest BCUT2D eigenvalue weighted by molar-refractivity contribution is 6.35. The Hall–Kier alpha value is -6.98. The molecule has 8 bridgehead atoms. The summed E-state index contributed by atoms with van der Waals surface area (Å²) in [4.78, 5) is 109. The van der Waals surface area contributed by atoms with Gasteiger partial charge in [0.15, 0.2) is 0 Å². The summed E-state index contributed by atoms with van der Waals surface area (Å²) in [5.41, 5.74) is -0.899. The summed E-state index contributed by atoms with van der Waals surface area (Å²) in [6.45, 7) is 18.0. The molecule has 26 nitrogen and oxygen atoms in total. The molecule has 8 aliphatic rings. The smallest absolute Gasteiger partial charge is 0.328 e. The molecule has 0 aromatic heterocycles. The van der Waals surface area contributed by atoms with E-state index in [1.165, 1.54) is 43.1 Å². The number of hydrogen-bond acceptors (Lipinski definition) is 22. The minimum atomic E-state index is -1.57. The SMILES string of the molecule is CC1CCC(C(=O)O)CC1.CN[C@@H](C)C(=O)O[C@H]1CC(=O)N(C)c2cc(cc(OC)c2Cl)C/C(C)=C/C=C/[C@@H](OC)[C@]2(O)CC(=O)O[C@@H](C2)[C@@H](C)[C@@H]2O[C@@]12C.COc1cc2cc(c1Cl)N(C)C(=O)C[C@H](OC(=O)[C@H](C)N(C)C(=O)C1CCNCC1)[C@]1(C)O[C@H]1[C@H](C)[C@@H]1C[C@@](O)(CC(=O)O1)[C@H](OC)/C=C/C=C(\C)C2. The van der Waals surface area contributed by atoms with Gasteiger partial charge in [-0.15, -0.1) is 0 Å². The Morgan fingerprint density at radius 2 is 1.06 bits per heavy atom. The third-order valence-corrected chi connectivity index (χ3v) is 23.8. The minimum Gasteiger partial charge on any atom is -0.495 e. The summed E-state index contributed by atoms with van der Waals surface area (Å²) in [5, 5.41) is 38.8. The number of aliphatic carboxylic acids is 1. The highest BCUT2D eigenvalue weighted by Crippen LogP contribution is 2.52. The first-order valence-electron chi connectivity index (χ1n) is 37.4. The summed E-state index contributed by atoms with van der Waals surface area (Å²) in [6, 6.07) is 5.69. The molecule has 7 heterocycles. The van der Waals surface area contributed by atoms with Gasteiger partial charge in [-0.3, -0.25) is 33.6 Å². The molecule has 10 rings (SSSR count). The number of anilines is 2. The second-order valence-corrected chi connectivity index (χ2v) is 31.8. The van der Waals surface area contributed by atoms with Gasteiger partial charge in [-0.2, -0.15) is 0 Å². The zero-order valence-electron chi connectivity index (χ0n) is 65.5. The average molecular weight is 1550 g/mol. The first-order chi connectivity index (χ1) is 50.9. The lowest BCUT2D eigenvalue weighted by molar-refractivity contribution is -0.188. The van der Waals surface area contributed by atoms with E-state index in [0.717, 1.165) is 67.0 Å². The van der Waals surface area contributed by atoms with Crippen LogP contribution >= 0.6 is 23.2 Å². The molecular formula is C80H113Cl2N5O21. The van der Waals surface area contributed by atoms with E-state index in [1.807, 2.05) is 58.0 Å². The quantitative estimate of drug-likeness (QED) is 0.0750. The molecule has 2 aromatic rings. The van der Waals surface area contributed by atoms with E-state index < -0.39 is 131 Å². The number of benzene rings is 2. The van der Waals surface area contributed by atoms with Crippen molar-refractivity contribution >= 4 is 82.1 Å². The number of aliphatic hydroxyl groups is 2. The second-order valence-electron chi connectivity index (χ2n) is 31.0. The van der Waals surface area contributed by atoms with Crippen molar-refractivity contribution in [3.8, 4) is 11.5 Å². The number of epoxide rings is 2. The first-order valence-corrected chi connectivity index (χ1v) is 38.1. The molecule has 0 unspecified atom stereocenters. The summed E-state index contributed by atoms with van der Waals surface area (Å²) in [5.74, 6) is -3.48. The van der Waals surface area contributed by atoms with Crippen LogP contribution in [0.25, 0.3) is 0 Å². The van der Waals surface area contributed by atoms with Gasteiger partial charge >= 0.3 is 29.8 Å². The van der Waals surface area contributed by atoms with E-state index in [-0.39, 0.29) is 72.2 Å². The van der Waals surface area contributed by atoms with Crippen molar-refractivity contribution in [1.29, 1.82) is 0 Å². The fourth-order valence-electron chi connectivity index (χ4n) is 15.5. The van der Waals surface area contributed by atoms with Gasteiger partial charge in [0.05, 0.1) is 69.4 Å². The van der Waals surface area contributed by atoms with Crippen molar-refractivity contribution in [2.24, 2.45) is 29.6 Å². The maximum atomic E-state index is 14.2. The Bertz CT molecular complexity index is 3720. The Labute approximate surface area is 644 Å². The molecule has 16 atom stereocenters. The molecule has 6 fully saturated rings. The number of halogens is 2. The number of rotatable bonds is 12. The van der Waals surface area contributed by atoms with Crippen LogP contribution in [-0.2, 0) is 89.1 Å². The molecule has 3 amide bonds. The fraction of sp³-hybridized carbons (Fsp3) is 0.650. The number of likely N-dealkylation sites (N-methyl/N-ethyl adjacent to an activating group) is 2. The number of amides is 3. The number of nitrogens with one attached hydrogen (secondary N) is 2. The maximum Gasteiger partial charge on any atom is 0.328 e. The topological polar surface area (TPSA) is 330 Å². The predicted octanol–water partition coefficient (Wildman–Crippen LogP) is 9.19. The Kier molecular flexibility index (Phi) is 29.6. The van der Waals surface area contributed by atoms with E-state index in [4.69, 9.17) is 75.7 Å². The van der Waals surface area contributed by atoms with Crippen LogP contribution < -0.4 is 29.9 Å². The molecule has 28 heteroatoms. The maximum absolute atomic E-state index is 14.2. The normalized spacial score (nSPS) is 34.1. The van der Waals surface area contributed by atoms with Gasteiger partial charge in [-0.25, -0.2) is 4.79 Å². The standard InChI is InChI=1S/C39H54ClN3O10.C33H45ClN2O9.C8H14O2/c1-22-10-9-11-30(50-8)39(48)20-29(51-33(45)21-39)23(2)35-38(4,53-35)31(52-37(47)24(3)42(5)36(46)26-12-14-41-15-13-26)19-32(44)43(6)27-17-25(16-22)18-28(49-7)34(27)40;1-18-10-9-11-25(42-8)33(40)16-24(43-28(38)17-33)19(2)30-32(4,45-30)26(44-31(39)20(3)35-5)15-27(37)36(6)22-13-21(12-18)14-23(41-7)29(22)34;1-6-2-4-7(5-3-6)8(9)10/h9-11,17-18,23-24,26,29-31,35,41,48H,12-16,19-21H2,1-8H3;9-11,13-14,19-20,24-26,30,35,40H,12,15-17H2,1-8H3;6-7H,2-5H2,1H3,(H,9,10)/b11-9+,22-10+;11-9+,18-10+;/t23-,24+,29+,30-,31+,35+,38+,39-;19-,20+,24+,25-,26+,30+,32+,33-;/m11./s1. The van der Waals surface area contributed by atoms with E-state index in [1.54, 1.807) is 86.3 Å². The molecule has 0 spiro atoms. The van der Waals surface area contributed by atoms with Gasteiger partial charge in [-0.05, 0) is 154 Å². The van der Waals surface area contributed by atoms with Crippen LogP contribution in [0.5, 0.6) is 11.5 Å². The van der Waals surface area contributed by atoms with Gasteiger partial charge in [-0.1, -0.05) is 91.6 Å². The number of piperidine rings is 1. The van der Waals surface area contributed by atoms with Crippen molar-refractivity contribution in [3.05, 3.63) is 93.0 Å². The number of hydrogen-bond donors (Lipinski definition) is 5. The second kappa shape index (κ2) is 36.9. The average Bonchev–Trinajstić information content (AvgIpc) is 1.58. The number of carboxylic acid groups (broad SMARTS) is 1. The number of carbonyl (C=O) groups is 8. The number of ether oxygens (including phenoxy) is 10. The first kappa shape index (κ1) is 86.6. The molecule has 108 heavy (non-hydrogen) atoms. The molecule has 5 N–H and O–H groups in total. The largest absolute Gasteiger partial charge is 0.495 e. The number of esters is 4. The van der Waals surface area contributed by atoms with Crippen molar-refractivity contribution in [3.63, 3.8) is 0 Å². The molecule has 1 saturated carbocycles. The lowest BCUT2D eigenvalue weighted by Crippen LogP contribution is -2.53. The Balaban J connectivity index is 0.000000243. The molecule has 2 aromatic carbocycles. The highest BCUT2D eigenvalue weighted by atomic mass is 35.5. The van der Waals surface area contributed by atoms with Gasteiger partial charge in [0.2, 0.25) is 17.7 Å². The van der Waals surface area contributed by atoms with Crippen LogP contribution in [0.15, 0.2) is 71.9 Å². The number of carboxylic acids is 1. The van der Waals surface area contributed by atoms with Crippen LogP contribution in [-0.4, -0.2) is 221 Å². The van der Waals surface area contributed by atoms with Crippen molar-refractivity contribution in [2.75, 3.05) is 79.5 Å². The summed E-state index contributed by atoms with van der Waals surface area (Å²) >= 11 is 13.5. The zero-order valence-corrected chi connectivity index (χ0v) is 67.0. The molecular weight excluding hydrogens is 1440 g/mol. The molecule has 598 valence electrons. The van der Waals surface area contributed by atoms with E-state index in [9.17, 15) is 48.6 Å². The van der Waals surface area contributed by atoms with Crippen molar-refractivity contribution in [2.45, 2.75) is 236 Å². The fourth-order valence-corrected chi connectivity index (χ4v) is 16.2. The van der Waals surface area contributed by atoms with Crippen LogP contribution in [0.1, 0.15) is 150 Å². The lowest BCUT2D eigenvalue weighted by Gasteiger charge is -2.41. The molecule has 7 aliphatic heterocycles. The number of nitrogens with zero attached hydrogens (tertiary/aromatic N) is 3. The van der Waals surface area contributed by atoms with Gasteiger partial charge in [0.25, 0.3) is 0 Å². The summed E-state index contributed by atoms with van der Waals surface area (Å²) in [7, 11) is 12.4. The van der Waals surface area contributed by atoms with Crippen LogP contribution in [0.4, 0.5) is 11.4 Å². The number of fused-ring (bicyclic) bond motifs is 10. The van der Waals surface area contributed by atoms with Gasteiger partial charge < -0.3 is 88.0 Å². The molecule has 5 saturated heterocycles. The van der Waals surface area contributed by atoms with Crippen molar-refractivity contribution < 1.29 is 101 Å². The highest BCUT2D eigenvalue weighted by Gasteiger charge is 2.66. The number of methoxy groups -OCH3 is 4. The van der Waals surface area contributed by atoms with Crippen LogP contribution in [0.3, 0.4) is 0 Å².